The molecule has 0 radical (unpaired) electrons. The van der Waals surface area contributed by atoms with Crippen molar-refractivity contribution < 1.29 is 23.8 Å². The fraction of sp³-hybridized carbons (Fsp3) is 0.450. The summed E-state index contributed by atoms with van der Waals surface area (Å²) in [6.45, 7) is 5.25. The van der Waals surface area contributed by atoms with E-state index in [9.17, 15) is 19.5 Å². The normalized spacial score (nSPS) is 13.1. The lowest BCUT2D eigenvalue weighted by atomic mass is 10.0. The molecule has 0 aliphatic carbocycles. The summed E-state index contributed by atoms with van der Waals surface area (Å²) in [6.07, 6.45) is 1.98. The van der Waals surface area contributed by atoms with Gasteiger partial charge in [-0.1, -0.05) is 6.92 Å². The Kier molecular flexibility index (Phi) is 7.51. The van der Waals surface area contributed by atoms with E-state index in [1.54, 1.807) is 26.0 Å². The van der Waals surface area contributed by atoms with Gasteiger partial charge in [0.05, 0.1) is 0 Å². The van der Waals surface area contributed by atoms with Gasteiger partial charge in [0, 0.05) is 17.0 Å². The van der Waals surface area contributed by atoms with Gasteiger partial charge in [-0.15, -0.1) is 0 Å². The van der Waals surface area contributed by atoms with Gasteiger partial charge in [-0.2, -0.15) is 11.8 Å². The molecule has 152 valence electrons. The molecule has 2 atom stereocenters. The first-order valence-electron chi connectivity index (χ1n) is 9.03. The fourth-order valence-electron chi connectivity index (χ4n) is 2.85. The molecule has 0 unspecified atom stereocenters. The highest BCUT2D eigenvalue weighted by atomic mass is 32.2. The molecule has 7 nitrogen and oxygen atoms in total. The molecule has 1 amide bonds. The minimum atomic E-state index is -1.08. The third-order valence-electron chi connectivity index (χ3n) is 4.48. The standard InChI is InChI=1S/C20H25NO6S/c1-5-13-10-17(22)27-18-11(2)16(7-6-14(13)18)26-12(3)19(23)21-15(20(24)25)8-9-28-4/h6-7,10,12,15H,5,8-9H2,1-4H3,(H,21,23)(H,24,25)/t12-,15+/m1/s1. The van der Waals surface area contributed by atoms with Crippen molar-refractivity contribution in [2.45, 2.75) is 45.8 Å². The van der Waals surface area contributed by atoms with Gasteiger partial charge in [-0.05, 0) is 56.4 Å². The SMILES string of the molecule is CCc1cc(=O)oc2c(C)c(O[C@H](C)C(=O)N[C@@H](CCSC)C(=O)O)ccc12. The molecular formula is C20H25NO6S. The number of carbonyl (C=O) groups is 2. The van der Waals surface area contributed by atoms with E-state index in [1.165, 1.54) is 17.8 Å². The third kappa shape index (κ3) is 5.07. The maximum atomic E-state index is 12.4. The number of hydrogen-bond acceptors (Lipinski definition) is 6. The second-order valence-corrected chi connectivity index (χ2v) is 7.44. The van der Waals surface area contributed by atoms with E-state index in [-0.39, 0.29) is 0 Å². The van der Waals surface area contributed by atoms with E-state index in [0.29, 0.717) is 35.5 Å². The molecular weight excluding hydrogens is 382 g/mol. The number of nitrogens with one attached hydrogen (secondary N) is 1. The van der Waals surface area contributed by atoms with Gasteiger partial charge < -0.3 is 19.6 Å². The van der Waals surface area contributed by atoms with Crippen LogP contribution in [0.25, 0.3) is 11.0 Å². The van der Waals surface area contributed by atoms with Crippen molar-refractivity contribution in [2.75, 3.05) is 12.0 Å². The summed E-state index contributed by atoms with van der Waals surface area (Å²) < 4.78 is 11.1. The highest BCUT2D eigenvalue weighted by Crippen LogP contribution is 2.29. The summed E-state index contributed by atoms with van der Waals surface area (Å²) in [5.41, 5.74) is 1.48. The average Bonchev–Trinajstić information content (AvgIpc) is 2.66. The van der Waals surface area contributed by atoms with Crippen LogP contribution in [0.2, 0.25) is 0 Å². The Balaban J connectivity index is 2.21. The van der Waals surface area contributed by atoms with Gasteiger partial charge in [0.2, 0.25) is 0 Å². The van der Waals surface area contributed by atoms with Crippen LogP contribution in [0.4, 0.5) is 0 Å². The minimum absolute atomic E-state index is 0.328. The molecule has 0 aliphatic rings. The molecule has 0 fully saturated rings. The lowest BCUT2D eigenvalue weighted by molar-refractivity contribution is -0.142. The smallest absolute Gasteiger partial charge is 0.336 e. The molecule has 28 heavy (non-hydrogen) atoms. The van der Waals surface area contributed by atoms with E-state index in [4.69, 9.17) is 9.15 Å². The fourth-order valence-corrected chi connectivity index (χ4v) is 3.33. The van der Waals surface area contributed by atoms with Crippen LogP contribution < -0.4 is 15.7 Å². The van der Waals surface area contributed by atoms with Crippen molar-refractivity contribution in [1.29, 1.82) is 0 Å². The number of ether oxygens (including phenoxy) is 1. The number of aryl methyl sites for hydroxylation is 2. The number of hydrogen-bond donors (Lipinski definition) is 2. The number of thioether (sulfide) groups is 1. The zero-order valence-electron chi connectivity index (χ0n) is 16.4. The molecule has 1 heterocycles. The van der Waals surface area contributed by atoms with Crippen LogP contribution >= 0.6 is 11.8 Å². The van der Waals surface area contributed by atoms with Gasteiger partial charge >= 0.3 is 11.6 Å². The molecule has 2 rings (SSSR count). The highest BCUT2D eigenvalue weighted by molar-refractivity contribution is 7.98. The maximum Gasteiger partial charge on any atom is 0.336 e. The summed E-state index contributed by atoms with van der Waals surface area (Å²) >= 11 is 1.51. The number of carboxylic acids is 1. The van der Waals surface area contributed by atoms with Crippen LogP contribution in [0, 0.1) is 6.92 Å². The molecule has 2 aromatic rings. The number of carbonyl (C=O) groups excluding carboxylic acids is 1. The van der Waals surface area contributed by atoms with Gasteiger partial charge in [0.25, 0.3) is 5.91 Å². The highest BCUT2D eigenvalue weighted by Gasteiger charge is 2.24. The number of rotatable bonds is 9. The second kappa shape index (κ2) is 9.64. The first-order valence-corrected chi connectivity index (χ1v) is 10.4. The Morgan fingerprint density at radius 3 is 2.68 bits per heavy atom. The number of aliphatic carboxylic acids is 1. The molecule has 2 N–H and O–H groups in total. The van der Waals surface area contributed by atoms with E-state index in [1.807, 2.05) is 13.2 Å². The number of fused-ring (bicyclic) bond motifs is 1. The van der Waals surface area contributed by atoms with E-state index >= 15 is 0 Å². The second-order valence-electron chi connectivity index (χ2n) is 6.45. The molecule has 0 saturated carbocycles. The number of amides is 1. The average molecular weight is 407 g/mol. The van der Waals surface area contributed by atoms with Crippen LogP contribution in [-0.4, -0.2) is 41.1 Å². The largest absolute Gasteiger partial charge is 0.480 e. The van der Waals surface area contributed by atoms with E-state index in [2.05, 4.69) is 5.32 Å². The van der Waals surface area contributed by atoms with Crippen molar-refractivity contribution in [2.24, 2.45) is 0 Å². The van der Waals surface area contributed by atoms with Gasteiger partial charge in [-0.25, -0.2) is 9.59 Å². The Morgan fingerprint density at radius 1 is 1.36 bits per heavy atom. The number of benzene rings is 1. The quantitative estimate of drug-likeness (QED) is 0.616. The van der Waals surface area contributed by atoms with Crippen molar-refractivity contribution in [1.82, 2.24) is 5.32 Å². The number of carboxylic acid groups (broad SMARTS) is 1. The summed E-state index contributed by atoms with van der Waals surface area (Å²) in [4.78, 5) is 35.5. The predicted octanol–water partition coefficient (Wildman–Crippen LogP) is 2.75. The van der Waals surface area contributed by atoms with Crippen molar-refractivity contribution in [3.63, 3.8) is 0 Å². The Morgan fingerprint density at radius 2 is 2.07 bits per heavy atom. The summed E-state index contributed by atoms with van der Waals surface area (Å²) in [6, 6.07) is 4.03. The first-order chi connectivity index (χ1) is 13.3. The Labute approximate surface area is 167 Å². The summed E-state index contributed by atoms with van der Waals surface area (Å²) in [5.74, 6) is -0.570. The lowest BCUT2D eigenvalue weighted by Crippen LogP contribution is -2.46. The van der Waals surface area contributed by atoms with E-state index < -0.39 is 29.6 Å². The molecule has 0 aliphatic heterocycles. The van der Waals surface area contributed by atoms with Crippen molar-refractivity contribution in [3.8, 4) is 5.75 Å². The Hall–Kier alpha value is -2.48. The van der Waals surface area contributed by atoms with E-state index in [0.717, 1.165) is 10.9 Å². The van der Waals surface area contributed by atoms with Crippen molar-refractivity contribution in [3.05, 3.63) is 39.7 Å². The molecule has 8 heteroatoms. The lowest BCUT2D eigenvalue weighted by Gasteiger charge is -2.20. The van der Waals surface area contributed by atoms with Gasteiger partial charge in [0.1, 0.15) is 17.4 Å². The minimum Gasteiger partial charge on any atom is -0.480 e. The van der Waals surface area contributed by atoms with Crippen LogP contribution in [0.1, 0.15) is 31.4 Å². The predicted molar refractivity (Wildman–Crippen MR) is 109 cm³/mol. The zero-order valence-corrected chi connectivity index (χ0v) is 17.2. The van der Waals surface area contributed by atoms with Crippen LogP contribution in [0.15, 0.2) is 27.4 Å². The maximum absolute atomic E-state index is 12.4. The first kappa shape index (κ1) is 21.8. The zero-order chi connectivity index (χ0) is 20.8. The van der Waals surface area contributed by atoms with Crippen LogP contribution in [-0.2, 0) is 16.0 Å². The summed E-state index contributed by atoms with van der Waals surface area (Å²) in [5, 5.41) is 12.6. The monoisotopic (exact) mass is 407 g/mol. The topological polar surface area (TPSA) is 106 Å². The molecule has 1 aromatic heterocycles. The molecule has 0 saturated heterocycles. The summed E-state index contributed by atoms with van der Waals surface area (Å²) in [7, 11) is 0. The molecule has 0 spiro atoms. The van der Waals surface area contributed by atoms with Crippen LogP contribution in [0.3, 0.4) is 0 Å². The van der Waals surface area contributed by atoms with Crippen molar-refractivity contribution >= 4 is 34.6 Å². The van der Waals surface area contributed by atoms with Gasteiger partial charge in [-0.3, -0.25) is 4.79 Å². The third-order valence-corrected chi connectivity index (χ3v) is 5.12. The van der Waals surface area contributed by atoms with Crippen LogP contribution in [0.5, 0.6) is 5.75 Å². The molecule has 1 aromatic carbocycles. The Bertz CT molecular complexity index is 923. The molecule has 0 bridgehead atoms. The van der Waals surface area contributed by atoms with Gasteiger partial charge in [0.15, 0.2) is 6.10 Å².